The molecular weight excluding hydrogens is 283 g/mol. The molecule has 0 amide bonds. The van der Waals surface area contributed by atoms with Crippen LogP contribution in [0.25, 0.3) is 0 Å². The minimum absolute atomic E-state index is 0.121. The maximum absolute atomic E-state index is 13.4. The Hall–Kier alpha value is -1.34. The topological polar surface area (TPSA) is 81.4 Å². The van der Waals surface area contributed by atoms with E-state index in [0.29, 0.717) is 25.1 Å². The summed E-state index contributed by atoms with van der Waals surface area (Å²) in [7, 11) is -1.56. The molecule has 1 saturated heterocycles. The van der Waals surface area contributed by atoms with Crippen molar-refractivity contribution < 1.29 is 17.5 Å². The molecular formula is C13H19FN2O3S. The zero-order chi connectivity index (χ0) is 14.8. The first kappa shape index (κ1) is 15.1. The summed E-state index contributed by atoms with van der Waals surface area (Å²) < 4.78 is 41.3. The maximum Gasteiger partial charge on any atom is 0.165 e. The molecule has 0 aliphatic carbocycles. The van der Waals surface area contributed by atoms with Gasteiger partial charge in [0.15, 0.2) is 21.4 Å². The van der Waals surface area contributed by atoms with E-state index >= 15 is 0 Å². The van der Waals surface area contributed by atoms with Crippen molar-refractivity contribution in [2.75, 3.05) is 30.5 Å². The number of anilines is 1. The number of hydrogen-bond donors (Lipinski definition) is 2. The predicted octanol–water partition coefficient (Wildman–Crippen LogP) is 1.15. The summed E-state index contributed by atoms with van der Waals surface area (Å²) in [5.41, 5.74) is 6.02. The first-order valence-electron chi connectivity index (χ1n) is 6.42. The quantitative estimate of drug-likeness (QED) is 0.872. The number of sulfone groups is 1. The Morgan fingerprint density at radius 1 is 1.40 bits per heavy atom. The molecule has 0 unspecified atom stereocenters. The van der Waals surface area contributed by atoms with Crippen LogP contribution >= 0.6 is 0 Å². The lowest BCUT2D eigenvalue weighted by Gasteiger charge is -2.37. The van der Waals surface area contributed by atoms with E-state index in [9.17, 15) is 12.8 Å². The fourth-order valence-electron chi connectivity index (χ4n) is 2.35. The molecule has 0 saturated carbocycles. The third-order valence-electron chi connectivity index (χ3n) is 3.73. The average molecular weight is 302 g/mol. The van der Waals surface area contributed by atoms with Crippen LogP contribution in [0.15, 0.2) is 18.2 Å². The van der Waals surface area contributed by atoms with E-state index in [2.05, 4.69) is 5.32 Å². The van der Waals surface area contributed by atoms with Crippen molar-refractivity contribution in [3.8, 4) is 5.75 Å². The van der Waals surface area contributed by atoms with Gasteiger partial charge in [0.05, 0.1) is 24.2 Å². The third kappa shape index (κ3) is 3.21. The maximum atomic E-state index is 13.4. The SMILES string of the molecule is COc1cc(NC2(CN)CCS(=O)(=O)CC2)ccc1F. The third-order valence-corrected chi connectivity index (χ3v) is 5.39. The van der Waals surface area contributed by atoms with Crippen molar-refractivity contribution in [3.05, 3.63) is 24.0 Å². The van der Waals surface area contributed by atoms with Crippen LogP contribution in [0.2, 0.25) is 0 Å². The molecule has 0 radical (unpaired) electrons. The molecule has 1 aliphatic heterocycles. The number of nitrogens with one attached hydrogen (secondary N) is 1. The fourth-order valence-corrected chi connectivity index (χ4v) is 3.96. The molecule has 5 nitrogen and oxygen atoms in total. The van der Waals surface area contributed by atoms with Gasteiger partial charge in [0.2, 0.25) is 0 Å². The van der Waals surface area contributed by atoms with E-state index in [-0.39, 0.29) is 17.3 Å². The Bertz CT molecular complexity index is 575. The molecule has 0 bridgehead atoms. The Labute approximate surface area is 118 Å². The molecule has 1 aliphatic rings. The molecule has 7 heteroatoms. The molecule has 0 atom stereocenters. The molecule has 0 aromatic heterocycles. The predicted molar refractivity (Wildman–Crippen MR) is 76.2 cm³/mol. The van der Waals surface area contributed by atoms with Crippen molar-refractivity contribution in [2.24, 2.45) is 5.73 Å². The van der Waals surface area contributed by atoms with Gasteiger partial charge in [-0.3, -0.25) is 0 Å². The highest BCUT2D eigenvalue weighted by atomic mass is 32.2. The van der Waals surface area contributed by atoms with Gasteiger partial charge in [0.1, 0.15) is 0 Å². The lowest BCUT2D eigenvalue weighted by Crippen LogP contribution is -2.51. The summed E-state index contributed by atoms with van der Waals surface area (Å²) in [5, 5.41) is 3.25. The molecule has 1 aromatic rings. The Morgan fingerprint density at radius 3 is 2.60 bits per heavy atom. The lowest BCUT2D eigenvalue weighted by molar-refractivity contribution is 0.386. The van der Waals surface area contributed by atoms with Crippen molar-refractivity contribution >= 4 is 15.5 Å². The Kier molecular flexibility index (Phi) is 4.19. The van der Waals surface area contributed by atoms with Gasteiger partial charge in [-0.05, 0) is 25.0 Å². The van der Waals surface area contributed by atoms with Crippen LogP contribution in [0.5, 0.6) is 5.75 Å². The second kappa shape index (κ2) is 5.57. The van der Waals surface area contributed by atoms with E-state index in [0.717, 1.165) is 0 Å². The van der Waals surface area contributed by atoms with Gasteiger partial charge in [-0.1, -0.05) is 0 Å². The van der Waals surface area contributed by atoms with Gasteiger partial charge in [-0.2, -0.15) is 0 Å². The standard InChI is InChI=1S/C13H19FN2O3S/c1-19-12-8-10(2-3-11(12)14)16-13(9-15)4-6-20(17,18)7-5-13/h2-3,8,16H,4-7,9,15H2,1H3. The van der Waals surface area contributed by atoms with Gasteiger partial charge >= 0.3 is 0 Å². The summed E-state index contributed by atoms with van der Waals surface area (Å²) >= 11 is 0. The molecule has 1 heterocycles. The van der Waals surface area contributed by atoms with Crippen LogP contribution in [-0.2, 0) is 9.84 Å². The summed E-state index contributed by atoms with van der Waals surface area (Å²) in [4.78, 5) is 0. The smallest absolute Gasteiger partial charge is 0.165 e. The average Bonchev–Trinajstić information content (AvgIpc) is 2.44. The van der Waals surface area contributed by atoms with E-state index in [1.165, 1.54) is 13.2 Å². The number of halogens is 1. The second-order valence-corrected chi connectivity index (χ2v) is 7.41. The lowest BCUT2D eigenvalue weighted by atomic mass is 9.92. The van der Waals surface area contributed by atoms with Crippen LogP contribution in [0.4, 0.5) is 10.1 Å². The number of rotatable bonds is 4. The van der Waals surface area contributed by atoms with Crippen molar-refractivity contribution in [3.63, 3.8) is 0 Å². The normalized spacial score (nSPS) is 20.4. The first-order valence-corrected chi connectivity index (χ1v) is 8.24. The number of benzene rings is 1. The zero-order valence-corrected chi connectivity index (χ0v) is 12.2. The summed E-state index contributed by atoms with van der Waals surface area (Å²) in [6, 6.07) is 4.46. The molecule has 1 aromatic carbocycles. The van der Waals surface area contributed by atoms with E-state index in [1.54, 1.807) is 12.1 Å². The largest absolute Gasteiger partial charge is 0.494 e. The highest BCUT2D eigenvalue weighted by molar-refractivity contribution is 7.91. The van der Waals surface area contributed by atoms with Gasteiger partial charge in [0, 0.05) is 18.3 Å². The molecule has 112 valence electrons. The van der Waals surface area contributed by atoms with E-state index in [1.807, 2.05) is 0 Å². The number of nitrogens with two attached hydrogens (primary N) is 1. The molecule has 2 rings (SSSR count). The number of hydrogen-bond acceptors (Lipinski definition) is 5. The summed E-state index contributed by atoms with van der Waals surface area (Å²) in [5.74, 6) is -0.0536. The fraction of sp³-hybridized carbons (Fsp3) is 0.538. The van der Waals surface area contributed by atoms with E-state index in [4.69, 9.17) is 10.5 Å². The Morgan fingerprint density at radius 2 is 2.05 bits per heavy atom. The number of methoxy groups -OCH3 is 1. The number of ether oxygens (including phenoxy) is 1. The van der Waals surface area contributed by atoms with Gasteiger partial charge in [-0.25, -0.2) is 12.8 Å². The van der Waals surface area contributed by atoms with Crippen LogP contribution in [0.3, 0.4) is 0 Å². The molecule has 1 fully saturated rings. The van der Waals surface area contributed by atoms with Gasteiger partial charge in [-0.15, -0.1) is 0 Å². The van der Waals surface area contributed by atoms with Gasteiger partial charge in [0.25, 0.3) is 0 Å². The Balaban J connectivity index is 2.18. The first-order chi connectivity index (χ1) is 9.40. The molecule has 3 N–H and O–H groups in total. The molecule has 0 spiro atoms. The van der Waals surface area contributed by atoms with Crippen LogP contribution in [0, 0.1) is 5.82 Å². The molecule has 20 heavy (non-hydrogen) atoms. The minimum Gasteiger partial charge on any atom is -0.494 e. The van der Waals surface area contributed by atoms with E-state index < -0.39 is 21.2 Å². The second-order valence-electron chi connectivity index (χ2n) is 5.11. The monoisotopic (exact) mass is 302 g/mol. The van der Waals surface area contributed by atoms with Crippen LogP contribution in [-0.4, -0.2) is 39.1 Å². The summed E-state index contributed by atoms with van der Waals surface area (Å²) in [6.07, 6.45) is 0.900. The van der Waals surface area contributed by atoms with Crippen LogP contribution < -0.4 is 15.8 Å². The van der Waals surface area contributed by atoms with Crippen molar-refractivity contribution in [1.29, 1.82) is 0 Å². The highest BCUT2D eigenvalue weighted by Gasteiger charge is 2.36. The highest BCUT2D eigenvalue weighted by Crippen LogP contribution is 2.29. The summed E-state index contributed by atoms with van der Waals surface area (Å²) in [6.45, 7) is 0.322. The van der Waals surface area contributed by atoms with Crippen LogP contribution in [0.1, 0.15) is 12.8 Å². The zero-order valence-electron chi connectivity index (χ0n) is 11.4. The minimum atomic E-state index is -2.96. The van der Waals surface area contributed by atoms with Gasteiger partial charge < -0.3 is 15.8 Å². The van der Waals surface area contributed by atoms with Crippen molar-refractivity contribution in [1.82, 2.24) is 0 Å². The van der Waals surface area contributed by atoms with Crippen molar-refractivity contribution in [2.45, 2.75) is 18.4 Å².